The van der Waals surface area contributed by atoms with Crippen LogP contribution in [0.25, 0.3) is 10.9 Å². The van der Waals surface area contributed by atoms with E-state index in [9.17, 15) is 13.6 Å². The van der Waals surface area contributed by atoms with Gasteiger partial charge in [0.25, 0.3) is 5.56 Å². The molecule has 0 bridgehead atoms. The van der Waals surface area contributed by atoms with Crippen molar-refractivity contribution >= 4 is 10.9 Å². The van der Waals surface area contributed by atoms with Gasteiger partial charge in [0, 0.05) is 12.5 Å². The number of hydrogen-bond donors (Lipinski definition) is 1. The Morgan fingerprint density at radius 2 is 1.75 bits per heavy atom. The molecule has 0 fully saturated rings. The summed E-state index contributed by atoms with van der Waals surface area (Å²) in [6.07, 6.45) is 0.161. The van der Waals surface area contributed by atoms with Gasteiger partial charge in [0.05, 0.1) is 10.9 Å². The molecule has 0 atom stereocenters. The molecule has 3 nitrogen and oxygen atoms in total. The molecule has 100 valence electrons. The first-order chi connectivity index (χ1) is 9.61. The highest BCUT2D eigenvalue weighted by atomic mass is 19.1. The van der Waals surface area contributed by atoms with E-state index in [1.807, 2.05) is 0 Å². The van der Waals surface area contributed by atoms with Gasteiger partial charge in [-0.3, -0.25) is 4.79 Å². The molecule has 3 rings (SSSR count). The van der Waals surface area contributed by atoms with Gasteiger partial charge in [-0.25, -0.2) is 13.8 Å². The molecular formula is C15H10F2N2O. The van der Waals surface area contributed by atoms with Crippen LogP contribution in [0, 0.1) is 11.6 Å². The summed E-state index contributed by atoms with van der Waals surface area (Å²) in [5.41, 5.74) is 0.714. The average Bonchev–Trinajstić information content (AvgIpc) is 2.37. The van der Waals surface area contributed by atoms with Gasteiger partial charge < -0.3 is 4.98 Å². The van der Waals surface area contributed by atoms with Gasteiger partial charge in [0.2, 0.25) is 0 Å². The summed E-state index contributed by atoms with van der Waals surface area (Å²) in [6.45, 7) is 0. The van der Waals surface area contributed by atoms with Crippen molar-refractivity contribution in [2.45, 2.75) is 6.42 Å². The van der Waals surface area contributed by atoms with Crippen LogP contribution in [-0.4, -0.2) is 9.97 Å². The maximum atomic E-state index is 13.1. The van der Waals surface area contributed by atoms with Crippen LogP contribution >= 0.6 is 0 Å². The molecule has 5 heteroatoms. The van der Waals surface area contributed by atoms with Crippen molar-refractivity contribution in [3.05, 3.63) is 75.8 Å². The lowest BCUT2D eigenvalue weighted by Gasteiger charge is -2.04. The molecule has 1 N–H and O–H groups in total. The van der Waals surface area contributed by atoms with Crippen LogP contribution in [0.5, 0.6) is 0 Å². The van der Waals surface area contributed by atoms with Crippen molar-refractivity contribution in [1.29, 1.82) is 0 Å². The number of halogens is 2. The van der Waals surface area contributed by atoms with Crippen LogP contribution in [0.4, 0.5) is 8.78 Å². The van der Waals surface area contributed by atoms with E-state index in [1.54, 1.807) is 24.3 Å². The Morgan fingerprint density at radius 3 is 2.50 bits per heavy atom. The third-order valence-electron chi connectivity index (χ3n) is 2.96. The van der Waals surface area contributed by atoms with E-state index < -0.39 is 11.6 Å². The largest absolute Gasteiger partial charge is 0.310 e. The zero-order valence-electron chi connectivity index (χ0n) is 10.4. The topological polar surface area (TPSA) is 45.8 Å². The van der Waals surface area contributed by atoms with E-state index in [-0.39, 0.29) is 12.0 Å². The van der Waals surface area contributed by atoms with E-state index in [0.29, 0.717) is 22.3 Å². The summed E-state index contributed by atoms with van der Waals surface area (Å²) in [5.74, 6) is -0.926. The Morgan fingerprint density at radius 1 is 1.05 bits per heavy atom. The number of aromatic nitrogens is 2. The minimum Gasteiger partial charge on any atom is -0.310 e. The summed E-state index contributed by atoms with van der Waals surface area (Å²) in [4.78, 5) is 18.8. The maximum absolute atomic E-state index is 13.1. The van der Waals surface area contributed by atoms with Gasteiger partial charge in [-0.15, -0.1) is 0 Å². The Hall–Kier alpha value is -2.56. The zero-order valence-corrected chi connectivity index (χ0v) is 10.4. The first-order valence-electron chi connectivity index (χ1n) is 6.05. The fraction of sp³-hybridized carbons (Fsp3) is 0.0667. The maximum Gasteiger partial charge on any atom is 0.258 e. The molecule has 0 aliphatic rings. The van der Waals surface area contributed by atoms with E-state index in [2.05, 4.69) is 9.97 Å². The van der Waals surface area contributed by atoms with Crippen molar-refractivity contribution in [3.8, 4) is 0 Å². The molecule has 1 heterocycles. The first kappa shape index (κ1) is 12.5. The number of nitrogens with one attached hydrogen (secondary N) is 1. The second kappa shape index (κ2) is 4.85. The molecule has 0 radical (unpaired) electrons. The molecule has 1 aromatic heterocycles. The number of benzene rings is 2. The molecule has 0 aliphatic heterocycles. The second-order valence-electron chi connectivity index (χ2n) is 4.48. The predicted octanol–water partition coefficient (Wildman–Crippen LogP) is 2.79. The minimum atomic E-state index is -0.650. The van der Waals surface area contributed by atoms with Crippen molar-refractivity contribution in [1.82, 2.24) is 9.97 Å². The standard InChI is InChI=1S/C15H10F2N2O/c16-10-5-9(6-11(17)8-10)7-14-18-13-4-2-1-3-12(13)15(20)19-14/h1-6,8H,7H2,(H,18,19,20). The lowest BCUT2D eigenvalue weighted by Crippen LogP contribution is -2.12. The summed E-state index contributed by atoms with van der Waals surface area (Å²) in [7, 11) is 0. The average molecular weight is 272 g/mol. The lowest BCUT2D eigenvalue weighted by molar-refractivity contribution is 0.580. The molecule has 2 aromatic carbocycles. The Kier molecular flexibility index (Phi) is 3.02. The van der Waals surface area contributed by atoms with Gasteiger partial charge in [-0.2, -0.15) is 0 Å². The normalized spacial score (nSPS) is 10.9. The zero-order chi connectivity index (χ0) is 14.1. The SMILES string of the molecule is O=c1[nH]c(Cc2cc(F)cc(F)c2)nc2ccccc12. The Balaban J connectivity index is 2.04. The third-order valence-corrected chi connectivity index (χ3v) is 2.96. The Bertz CT molecular complexity index is 822. The number of aromatic amines is 1. The second-order valence-corrected chi connectivity index (χ2v) is 4.48. The highest BCUT2D eigenvalue weighted by molar-refractivity contribution is 5.77. The summed E-state index contributed by atoms with van der Waals surface area (Å²) >= 11 is 0. The quantitative estimate of drug-likeness (QED) is 0.779. The molecule has 0 saturated heterocycles. The van der Waals surface area contributed by atoms with Crippen molar-refractivity contribution < 1.29 is 8.78 Å². The number of H-pyrrole nitrogens is 1. The molecule has 0 unspecified atom stereocenters. The molecule has 3 aromatic rings. The number of fused-ring (bicyclic) bond motifs is 1. The van der Waals surface area contributed by atoms with E-state index >= 15 is 0 Å². The van der Waals surface area contributed by atoms with Gasteiger partial charge in [0.15, 0.2) is 0 Å². The third kappa shape index (κ3) is 2.42. The molecule has 0 saturated carbocycles. The van der Waals surface area contributed by atoms with E-state index in [0.717, 1.165) is 6.07 Å². The fourth-order valence-corrected chi connectivity index (χ4v) is 2.12. The van der Waals surface area contributed by atoms with Gasteiger partial charge >= 0.3 is 0 Å². The lowest BCUT2D eigenvalue weighted by atomic mass is 10.1. The molecule has 0 amide bonds. The van der Waals surface area contributed by atoms with Crippen molar-refractivity contribution in [2.75, 3.05) is 0 Å². The number of para-hydroxylation sites is 1. The molecule has 0 spiro atoms. The highest BCUT2D eigenvalue weighted by Gasteiger charge is 2.06. The van der Waals surface area contributed by atoms with Crippen molar-refractivity contribution in [2.24, 2.45) is 0 Å². The molecule has 20 heavy (non-hydrogen) atoms. The number of rotatable bonds is 2. The minimum absolute atomic E-state index is 0.161. The van der Waals surface area contributed by atoms with Crippen LogP contribution in [0.15, 0.2) is 47.3 Å². The van der Waals surface area contributed by atoms with Gasteiger partial charge in [-0.05, 0) is 29.8 Å². The summed E-state index contributed by atoms with van der Waals surface area (Å²) < 4.78 is 26.3. The van der Waals surface area contributed by atoms with Crippen LogP contribution < -0.4 is 5.56 Å². The highest BCUT2D eigenvalue weighted by Crippen LogP contribution is 2.12. The van der Waals surface area contributed by atoms with Crippen molar-refractivity contribution in [3.63, 3.8) is 0 Å². The molecule has 0 aliphatic carbocycles. The summed E-state index contributed by atoms with van der Waals surface area (Å²) in [5, 5.41) is 0.488. The van der Waals surface area contributed by atoms with Gasteiger partial charge in [-0.1, -0.05) is 12.1 Å². The van der Waals surface area contributed by atoms with Gasteiger partial charge in [0.1, 0.15) is 17.5 Å². The predicted molar refractivity (Wildman–Crippen MR) is 71.5 cm³/mol. The van der Waals surface area contributed by atoms with Crippen LogP contribution in [0.1, 0.15) is 11.4 Å². The van der Waals surface area contributed by atoms with Crippen LogP contribution in [-0.2, 0) is 6.42 Å². The molecular weight excluding hydrogens is 262 g/mol. The number of nitrogens with zero attached hydrogens (tertiary/aromatic N) is 1. The number of hydrogen-bond acceptors (Lipinski definition) is 2. The Labute approximate surface area is 112 Å². The first-order valence-corrected chi connectivity index (χ1v) is 6.05. The smallest absolute Gasteiger partial charge is 0.258 e. The van der Waals surface area contributed by atoms with E-state index in [4.69, 9.17) is 0 Å². The van der Waals surface area contributed by atoms with E-state index in [1.165, 1.54) is 12.1 Å². The van der Waals surface area contributed by atoms with Crippen LogP contribution in [0.3, 0.4) is 0 Å². The van der Waals surface area contributed by atoms with Crippen LogP contribution in [0.2, 0.25) is 0 Å². The monoisotopic (exact) mass is 272 g/mol. The summed E-state index contributed by atoms with van der Waals surface area (Å²) in [6, 6.07) is 10.2. The fourth-order valence-electron chi connectivity index (χ4n) is 2.12.